The van der Waals surface area contributed by atoms with Gasteiger partial charge in [-0.3, -0.25) is 4.79 Å². The second kappa shape index (κ2) is 3.40. The Labute approximate surface area is 82.1 Å². The number of rotatable bonds is 1. The van der Waals surface area contributed by atoms with Crippen LogP contribution in [0.1, 0.15) is 30.0 Å². The van der Waals surface area contributed by atoms with Crippen LogP contribution in [-0.2, 0) is 4.79 Å². The van der Waals surface area contributed by atoms with E-state index in [2.05, 4.69) is 5.32 Å². The number of benzene rings is 1. The fourth-order valence-electron chi connectivity index (χ4n) is 1.75. The van der Waals surface area contributed by atoms with E-state index in [0.717, 1.165) is 12.0 Å². The van der Waals surface area contributed by atoms with Crippen LogP contribution in [-0.4, -0.2) is 5.91 Å². The molecule has 2 nitrogen and oxygen atoms in total. The highest BCUT2D eigenvalue weighted by molar-refractivity contribution is 5.78. The van der Waals surface area contributed by atoms with Crippen molar-refractivity contribution < 1.29 is 9.18 Å². The van der Waals surface area contributed by atoms with Gasteiger partial charge in [-0.2, -0.15) is 0 Å². The predicted molar refractivity (Wildman–Crippen MR) is 51.3 cm³/mol. The highest BCUT2D eigenvalue weighted by Crippen LogP contribution is 2.24. The summed E-state index contributed by atoms with van der Waals surface area (Å²) in [6, 6.07) is 5.06. The highest BCUT2D eigenvalue weighted by atomic mass is 19.1. The SMILES string of the molecule is Cc1cc([C@H]2CCC(=O)N2)ccc1F. The molecule has 1 fully saturated rings. The van der Waals surface area contributed by atoms with Crippen LogP contribution in [0.2, 0.25) is 0 Å². The van der Waals surface area contributed by atoms with Crippen molar-refractivity contribution in [3.05, 3.63) is 35.1 Å². The second-order valence-electron chi connectivity index (χ2n) is 3.67. The molecular weight excluding hydrogens is 181 g/mol. The van der Waals surface area contributed by atoms with Crippen LogP contribution in [0.15, 0.2) is 18.2 Å². The van der Waals surface area contributed by atoms with Gasteiger partial charge in [0.05, 0.1) is 6.04 Å². The van der Waals surface area contributed by atoms with E-state index in [4.69, 9.17) is 0 Å². The summed E-state index contributed by atoms with van der Waals surface area (Å²) in [5.41, 5.74) is 1.62. The second-order valence-corrected chi connectivity index (χ2v) is 3.67. The molecule has 1 atom stereocenters. The molecule has 0 aromatic heterocycles. The standard InChI is InChI=1S/C11H12FNO/c1-7-6-8(2-3-9(7)12)10-4-5-11(14)13-10/h2-3,6,10H,4-5H2,1H3,(H,13,14)/t10-/m1/s1. The molecule has 0 unspecified atom stereocenters. The largest absolute Gasteiger partial charge is 0.349 e. The Balaban J connectivity index is 2.24. The summed E-state index contributed by atoms with van der Waals surface area (Å²) in [6.45, 7) is 1.73. The van der Waals surface area contributed by atoms with Gasteiger partial charge in [0, 0.05) is 6.42 Å². The molecule has 14 heavy (non-hydrogen) atoms. The minimum atomic E-state index is -0.196. The van der Waals surface area contributed by atoms with E-state index in [0.29, 0.717) is 12.0 Å². The van der Waals surface area contributed by atoms with Crippen molar-refractivity contribution in [3.8, 4) is 0 Å². The normalized spacial score (nSPS) is 21.0. The molecule has 0 bridgehead atoms. The Morgan fingerprint density at radius 1 is 1.50 bits per heavy atom. The summed E-state index contributed by atoms with van der Waals surface area (Å²) in [6.07, 6.45) is 1.38. The van der Waals surface area contributed by atoms with Gasteiger partial charge in [-0.1, -0.05) is 12.1 Å². The molecule has 0 saturated carbocycles. The summed E-state index contributed by atoms with van der Waals surface area (Å²) in [5, 5.41) is 2.86. The first-order valence-electron chi connectivity index (χ1n) is 4.72. The van der Waals surface area contributed by atoms with Gasteiger partial charge in [0.25, 0.3) is 0 Å². The predicted octanol–water partition coefficient (Wildman–Crippen LogP) is 2.09. The highest BCUT2D eigenvalue weighted by Gasteiger charge is 2.22. The lowest BCUT2D eigenvalue weighted by molar-refractivity contribution is -0.119. The summed E-state index contributed by atoms with van der Waals surface area (Å²) in [7, 11) is 0. The fourth-order valence-corrected chi connectivity index (χ4v) is 1.75. The molecule has 74 valence electrons. The van der Waals surface area contributed by atoms with E-state index in [-0.39, 0.29) is 17.8 Å². The number of hydrogen-bond donors (Lipinski definition) is 1. The lowest BCUT2D eigenvalue weighted by Crippen LogP contribution is -2.18. The molecule has 1 aromatic rings. The molecule has 0 aliphatic carbocycles. The number of nitrogens with one attached hydrogen (secondary N) is 1. The first-order valence-corrected chi connectivity index (χ1v) is 4.72. The summed E-state index contributed by atoms with van der Waals surface area (Å²) < 4.78 is 13.0. The molecule has 1 aromatic carbocycles. The maximum atomic E-state index is 13.0. The Morgan fingerprint density at radius 2 is 2.29 bits per heavy atom. The molecule has 1 saturated heterocycles. The van der Waals surface area contributed by atoms with Crippen LogP contribution in [0.3, 0.4) is 0 Å². The van der Waals surface area contributed by atoms with Crippen molar-refractivity contribution in [1.29, 1.82) is 0 Å². The topological polar surface area (TPSA) is 29.1 Å². The van der Waals surface area contributed by atoms with Gasteiger partial charge in [-0.15, -0.1) is 0 Å². The van der Waals surface area contributed by atoms with Gasteiger partial charge in [0.2, 0.25) is 5.91 Å². The smallest absolute Gasteiger partial charge is 0.220 e. The van der Waals surface area contributed by atoms with Crippen LogP contribution < -0.4 is 5.32 Å². The molecule has 2 rings (SSSR count). The Bertz CT molecular complexity index is 376. The molecule has 1 aliphatic heterocycles. The average Bonchev–Trinajstić information content (AvgIpc) is 2.57. The van der Waals surface area contributed by atoms with E-state index in [1.807, 2.05) is 0 Å². The molecule has 1 heterocycles. The molecule has 1 aliphatic rings. The van der Waals surface area contributed by atoms with Crippen molar-refractivity contribution in [3.63, 3.8) is 0 Å². The van der Waals surface area contributed by atoms with Crippen molar-refractivity contribution in [2.75, 3.05) is 0 Å². The van der Waals surface area contributed by atoms with Crippen LogP contribution in [0, 0.1) is 12.7 Å². The van der Waals surface area contributed by atoms with E-state index in [9.17, 15) is 9.18 Å². The average molecular weight is 193 g/mol. The lowest BCUT2D eigenvalue weighted by atomic mass is 10.0. The van der Waals surface area contributed by atoms with Crippen molar-refractivity contribution in [1.82, 2.24) is 5.32 Å². The molecule has 1 amide bonds. The van der Waals surface area contributed by atoms with Gasteiger partial charge < -0.3 is 5.32 Å². The molecule has 1 N–H and O–H groups in total. The minimum Gasteiger partial charge on any atom is -0.349 e. The Kier molecular flexibility index (Phi) is 2.23. The summed E-state index contributed by atoms with van der Waals surface area (Å²) in [5.74, 6) is -0.116. The zero-order valence-corrected chi connectivity index (χ0v) is 8.01. The third-order valence-electron chi connectivity index (χ3n) is 2.58. The van der Waals surface area contributed by atoms with Gasteiger partial charge >= 0.3 is 0 Å². The quantitative estimate of drug-likeness (QED) is 0.727. The fraction of sp³-hybridized carbons (Fsp3) is 0.364. The third kappa shape index (κ3) is 1.62. The number of carbonyl (C=O) groups excluding carboxylic acids is 1. The van der Waals surface area contributed by atoms with Crippen LogP contribution in [0.25, 0.3) is 0 Å². The first kappa shape index (κ1) is 9.19. The molecule has 3 heteroatoms. The van der Waals surface area contributed by atoms with Gasteiger partial charge in [0.1, 0.15) is 5.82 Å². The maximum absolute atomic E-state index is 13.0. The zero-order valence-electron chi connectivity index (χ0n) is 8.01. The number of carbonyl (C=O) groups is 1. The van der Waals surface area contributed by atoms with Crippen molar-refractivity contribution >= 4 is 5.91 Å². The molecular formula is C11H12FNO. The van der Waals surface area contributed by atoms with Gasteiger partial charge in [-0.05, 0) is 30.5 Å². The van der Waals surface area contributed by atoms with Crippen molar-refractivity contribution in [2.45, 2.75) is 25.8 Å². The first-order chi connectivity index (χ1) is 6.66. The van der Waals surface area contributed by atoms with Crippen LogP contribution >= 0.6 is 0 Å². The number of amides is 1. The number of aryl methyl sites for hydroxylation is 1. The lowest BCUT2D eigenvalue weighted by Gasteiger charge is -2.10. The van der Waals surface area contributed by atoms with E-state index in [1.54, 1.807) is 19.1 Å². The van der Waals surface area contributed by atoms with Crippen LogP contribution in [0.4, 0.5) is 4.39 Å². The molecule has 0 spiro atoms. The Hall–Kier alpha value is -1.38. The third-order valence-corrected chi connectivity index (χ3v) is 2.58. The van der Waals surface area contributed by atoms with E-state index < -0.39 is 0 Å². The zero-order chi connectivity index (χ0) is 10.1. The van der Waals surface area contributed by atoms with Crippen molar-refractivity contribution in [2.24, 2.45) is 0 Å². The van der Waals surface area contributed by atoms with Gasteiger partial charge in [-0.25, -0.2) is 4.39 Å². The minimum absolute atomic E-state index is 0.0711. The summed E-state index contributed by atoms with van der Waals surface area (Å²) >= 11 is 0. The van der Waals surface area contributed by atoms with E-state index >= 15 is 0 Å². The number of halogens is 1. The van der Waals surface area contributed by atoms with E-state index in [1.165, 1.54) is 6.07 Å². The Morgan fingerprint density at radius 3 is 2.86 bits per heavy atom. The molecule has 0 radical (unpaired) electrons. The van der Waals surface area contributed by atoms with Crippen LogP contribution in [0.5, 0.6) is 0 Å². The number of hydrogen-bond acceptors (Lipinski definition) is 1. The van der Waals surface area contributed by atoms with Gasteiger partial charge in [0.15, 0.2) is 0 Å². The monoisotopic (exact) mass is 193 g/mol. The maximum Gasteiger partial charge on any atom is 0.220 e. The summed E-state index contributed by atoms with van der Waals surface area (Å²) in [4.78, 5) is 11.0.